The number of aryl methyl sites for hydroxylation is 8. The molecule has 0 atom stereocenters. The zero-order valence-electron chi connectivity index (χ0n) is 32.5. The summed E-state index contributed by atoms with van der Waals surface area (Å²) in [6.45, 7) is 16.7. The quantitative estimate of drug-likeness (QED) is 0.191. The molecule has 2 radical (unpaired) electrons. The third kappa shape index (κ3) is 18.4. The average molecular weight is 1050 g/mol. The van der Waals surface area contributed by atoms with E-state index in [1.54, 1.807) is 12.4 Å². The Bertz CT molecular complexity index is 1530. The van der Waals surface area contributed by atoms with Crippen molar-refractivity contribution in [2.45, 2.75) is 107 Å². The van der Waals surface area contributed by atoms with Crippen molar-refractivity contribution in [3.8, 4) is 0 Å². The number of allylic oxidation sites excluding steroid dienone is 8. The van der Waals surface area contributed by atoms with Crippen molar-refractivity contribution in [2.24, 2.45) is 0 Å². The molecule has 0 spiro atoms. The number of pyridine rings is 2. The smallest absolute Gasteiger partial charge is 0 e. The Kier molecular flexibility index (Phi) is 23.6. The molecule has 0 fully saturated rings. The van der Waals surface area contributed by atoms with Gasteiger partial charge in [-0.05, 0) is 140 Å². The predicted molar refractivity (Wildman–Crippen MR) is 218 cm³/mol. The molecule has 52 heavy (non-hydrogen) atoms. The van der Waals surface area contributed by atoms with Gasteiger partial charge in [0.15, 0.2) is 0 Å². The Hall–Kier alpha value is -3.40. The van der Waals surface area contributed by atoms with Crippen LogP contribution in [0.15, 0.2) is 110 Å². The topological polar surface area (TPSA) is 54.0 Å². The average Bonchev–Trinajstić information content (AvgIpc) is 3.01. The number of nitrogens with zero attached hydrogens (tertiary/aromatic N) is 4. The van der Waals surface area contributed by atoms with Gasteiger partial charge in [0.05, 0.1) is 0 Å². The van der Waals surface area contributed by atoms with Gasteiger partial charge in [-0.15, -0.1) is 0 Å². The second kappa shape index (κ2) is 26.4. The van der Waals surface area contributed by atoms with Crippen molar-refractivity contribution >= 4 is 23.0 Å². The van der Waals surface area contributed by atoms with Crippen LogP contribution < -0.4 is 0 Å². The van der Waals surface area contributed by atoms with Gasteiger partial charge in [-0.1, -0.05) is 143 Å². The minimum atomic E-state index is 0. The summed E-state index contributed by atoms with van der Waals surface area (Å²) in [6.07, 6.45) is 31.6. The fraction of sp³-hybridized carbons (Fsp3) is 0.348. The number of hydrogen-bond acceptors (Lipinski definition) is 2. The molecule has 2 aliphatic rings. The van der Waals surface area contributed by atoms with Crippen molar-refractivity contribution in [3.63, 3.8) is 0 Å². The summed E-state index contributed by atoms with van der Waals surface area (Å²) in [6, 6.07) is 16.6. The minimum Gasteiger partial charge on any atom is -0.443 e. The van der Waals surface area contributed by atoms with E-state index in [2.05, 4.69) is 149 Å². The van der Waals surface area contributed by atoms with E-state index in [4.69, 9.17) is 0 Å². The Labute approximate surface area is 342 Å². The largest absolute Gasteiger partial charge is 0.443 e. The van der Waals surface area contributed by atoms with Crippen LogP contribution in [-0.2, 0) is 40.2 Å². The van der Waals surface area contributed by atoms with Crippen LogP contribution in [-0.4, -0.2) is 9.97 Å². The van der Waals surface area contributed by atoms with Crippen molar-refractivity contribution in [3.05, 3.63) is 165 Å². The molecule has 0 bridgehead atoms. The number of hydrogen-bond donors (Lipinski definition) is 0. The van der Waals surface area contributed by atoms with E-state index in [-0.39, 0.29) is 40.2 Å². The van der Waals surface area contributed by atoms with E-state index in [1.165, 1.54) is 95.9 Å². The third-order valence-corrected chi connectivity index (χ3v) is 8.19. The zero-order valence-corrected chi connectivity index (χ0v) is 37.3. The Morgan fingerprint density at radius 3 is 0.846 bits per heavy atom. The van der Waals surface area contributed by atoms with E-state index in [9.17, 15) is 0 Å². The summed E-state index contributed by atoms with van der Waals surface area (Å²) < 4.78 is 0. The summed E-state index contributed by atoms with van der Waals surface area (Å²) in [7, 11) is 0. The molecule has 2 aromatic carbocycles. The Balaban J connectivity index is 0.000000362. The van der Waals surface area contributed by atoms with Crippen LogP contribution in [0, 0.1) is 55.4 Å². The van der Waals surface area contributed by atoms with Crippen molar-refractivity contribution in [2.75, 3.05) is 0 Å². The van der Waals surface area contributed by atoms with E-state index in [0.717, 1.165) is 23.0 Å². The van der Waals surface area contributed by atoms with Crippen molar-refractivity contribution < 1.29 is 40.2 Å². The molecule has 6 rings (SSSR count). The molecule has 0 saturated carbocycles. The maximum atomic E-state index is 4.63. The molecular formula is C46H58Ir2N4-2. The molecule has 2 aliphatic carbocycles. The molecular weight excluding hydrogens is 993 g/mol. The molecule has 0 amide bonds. The first-order valence-electron chi connectivity index (χ1n) is 18.2. The van der Waals surface area contributed by atoms with Gasteiger partial charge in [0, 0.05) is 40.2 Å². The first-order valence-corrected chi connectivity index (χ1v) is 18.2. The fourth-order valence-electron chi connectivity index (χ4n) is 5.80. The van der Waals surface area contributed by atoms with Gasteiger partial charge in [-0.3, -0.25) is 0 Å². The van der Waals surface area contributed by atoms with Crippen LogP contribution in [0.4, 0.5) is 23.0 Å². The Morgan fingerprint density at radius 1 is 0.365 bits per heavy atom. The summed E-state index contributed by atoms with van der Waals surface area (Å²) >= 11 is 0. The van der Waals surface area contributed by atoms with Gasteiger partial charge < -0.3 is 20.6 Å². The molecule has 0 unspecified atom stereocenters. The fourth-order valence-corrected chi connectivity index (χ4v) is 5.80. The molecule has 2 heterocycles. The molecule has 0 N–H and O–H groups in total. The summed E-state index contributed by atoms with van der Waals surface area (Å²) in [5.41, 5.74) is 11.8. The number of benzene rings is 2. The summed E-state index contributed by atoms with van der Waals surface area (Å²) in [5.74, 6) is 1.56. The predicted octanol–water partition coefficient (Wildman–Crippen LogP) is 14.6. The van der Waals surface area contributed by atoms with E-state index < -0.39 is 0 Å². The summed E-state index contributed by atoms with van der Waals surface area (Å²) in [5, 5.41) is 9.26. The van der Waals surface area contributed by atoms with Gasteiger partial charge >= 0.3 is 0 Å². The molecule has 4 nitrogen and oxygen atoms in total. The van der Waals surface area contributed by atoms with Gasteiger partial charge in [0.1, 0.15) is 0 Å². The molecule has 282 valence electrons. The van der Waals surface area contributed by atoms with Crippen LogP contribution in [0.5, 0.6) is 0 Å². The minimum absolute atomic E-state index is 0. The third-order valence-electron chi connectivity index (χ3n) is 8.19. The van der Waals surface area contributed by atoms with Gasteiger partial charge in [-0.2, -0.15) is 0 Å². The van der Waals surface area contributed by atoms with Gasteiger partial charge in [0.2, 0.25) is 0 Å². The maximum Gasteiger partial charge on any atom is 0 e. The molecule has 0 saturated heterocycles. The molecule has 6 heteroatoms. The Morgan fingerprint density at radius 2 is 0.615 bits per heavy atom. The monoisotopic (exact) mass is 1050 g/mol. The van der Waals surface area contributed by atoms with E-state index in [1.807, 2.05) is 24.3 Å². The molecule has 4 aromatic rings. The van der Waals surface area contributed by atoms with Crippen LogP contribution >= 0.6 is 0 Å². The van der Waals surface area contributed by atoms with Crippen LogP contribution in [0.3, 0.4) is 0 Å². The molecule has 0 aliphatic heterocycles. The van der Waals surface area contributed by atoms with Crippen LogP contribution in [0.1, 0.15) is 95.9 Å². The standard InChI is InChI=1S/2C15H17N2.2C8H12.2Ir/c2*1-10-5-6-16-14(9-10)17-15-12(3)7-11(2)8-13(15)4;2*1-2-4-6-8-7-5-3-1;;/h2*5-9H,1-4H3;2*1-2,7-8H,3-6H2;;/q2*-1;;;;/b;;2*2-1-,8-7-;;. The van der Waals surface area contributed by atoms with Crippen molar-refractivity contribution in [1.82, 2.24) is 9.97 Å². The van der Waals surface area contributed by atoms with Gasteiger partial charge in [-0.25, -0.2) is 0 Å². The number of aromatic nitrogens is 2. The second-order valence-electron chi connectivity index (χ2n) is 13.3. The zero-order chi connectivity index (χ0) is 36.1. The first kappa shape index (κ1) is 46.6. The maximum absolute atomic E-state index is 4.63. The molecule has 2 aromatic heterocycles. The van der Waals surface area contributed by atoms with Crippen LogP contribution in [0.2, 0.25) is 0 Å². The van der Waals surface area contributed by atoms with Gasteiger partial charge in [0.25, 0.3) is 0 Å². The summed E-state index contributed by atoms with van der Waals surface area (Å²) in [4.78, 5) is 8.55. The normalized spacial score (nSPS) is 15.4. The first-order chi connectivity index (χ1) is 24.1. The van der Waals surface area contributed by atoms with E-state index in [0.29, 0.717) is 0 Å². The second-order valence-corrected chi connectivity index (χ2v) is 13.3. The van der Waals surface area contributed by atoms with Crippen molar-refractivity contribution in [1.29, 1.82) is 0 Å². The van der Waals surface area contributed by atoms with Crippen LogP contribution in [0.25, 0.3) is 10.6 Å². The number of rotatable bonds is 4. The SMILES string of the molecule is C1=C\CC/C=C\CC/1.C1=C\CC/C=C\CC/1.Cc1ccnc([N-]c2c(C)cc(C)cc2C)c1.Cc1ccnc([N-]c2c(C)cc(C)cc2C)c1.[Ir].[Ir]. The van der Waals surface area contributed by atoms with E-state index >= 15 is 0 Å².